The topological polar surface area (TPSA) is 78.0 Å². The highest BCUT2D eigenvalue weighted by Crippen LogP contribution is 2.43. The van der Waals surface area contributed by atoms with Crippen LogP contribution in [0.1, 0.15) is 55.1 Å². The molecule has 1 unspecified atom stereocenters. The Balaban J connectivity index is 1.73. The molecule has 2 aromatic carbocycles. The van der Waals surface area contributed by atoms with Gasteiger partial charge in [-0.2, -0.15) is 0 Å². The average Bonchev–Trinajstić information content (AvgIpc) is 3.40. The SMILES string of the molecule is Cc1nnn(C)c1-c1cnc2c3c(C)cc(C(C)(C)O)cc3n(C(c3cccc(F)c3)C3CCOCC3)c2c1. The van der Waals surface area contributed by atoms with Crippen molar-refractivity contribution in [1.29, 1.82) is 0 Å². The Hall–Kier alpha value is -3.62. The van der Waals surface area contributed by atoms with Gasteiger partial charge in [0.15, 0.2) is 0 Å². The van der Waals surface area contributed by atoms with Gasteiger partial charge in [0, 0.05) is 37.4 Å². The number of rotatable bonds is 5. The molecule has 0 saturated carbocycles. The second kappa shape index (κ2) is 9.54. The number of aryl methyl sites for hydroxylation is 3. The number of aliphatic hydroxyl groups is 1. The summed E-state index contributed by atoms with van der Waals surface area (Å²) in [6, 6.07) is 13.1. The highest BCUT2D eigenvalue weighted by Gasteiger charge is 2.32. The zero-order chi connectivity index (χ0) is 27.5. The fraction of sp³-hybridized carbons (Fsp3) is 0.387. The van der Waals surface area contributed by atoms with Gasteiger partial charge >= 0.3 is 0 Å². The lowest BCUT2D eigenvalue weighted by Crippen LogP contribution is -2.27. The Morgan fingerprint density at radius 1 is 1.08 bits per heavy atom. The molecular weight excluding hydrogens is 493 g/mol. The molecule has 1 aliphatic rings. The van der Waals surface area contributed by atoms with Crippen molar-refractivity contribution in [2.45, 2.75) is 52.2 Å². The molecule has 7 nitrogen and oxygen atoms in total. The molecule has 202 valence electrons. The maximum atomic E-state index is 14.7. The van der Waals surface area contributed by atoms with E-state index in [2.05, 4.69) is 33.9 Å². The highest BCUT2D eigenvalue weighted by atomic mass is 19.1. The van der Waals surface area contributed by atoms with Crippen LogP contribution < -0.4 is 0 Å². The third kappa shape index (κ3) is 4.41. The lowest BCUT2D eigenvalue weighted by molar-refractivity contribution is 0.0552. The first kappa shape index (κ1) is 25.6. The summed E-state index contributed by atoms with van der Waals surface area (Å²) in [4.78, 5) is 5.01. The zero-order valence-corrected chi connectivity index (χ0v) is 23.1. The Bertz CT molecular complexity index is 1670. The largest absolute Gasteiger partial charge is 0.386 e. The summed E-state index contributed by atoms with van der Waals surface area (Å²) >= 11 is 0. The lowest BCUT2D eigenvalue weighted by atomic mass is 9.86. The van der Waals surface area contributed by atoms with E-state index in [1.54, 1.807) is 30.7 Å². The van der Waals surface area contributed by atoms with Crippen molar-refractivity contribution in [1.82, 2.24) is 24.5 Å². The van der Waals surface area contributed by atoms with Crippen molar-refractivity contribution in [3.8, 4) is 11.3 Å². The number of halogens is 1. The number of fused-ring (bicyclic) bond motifs is 3. The molecule has 1 aliphatic heterocycles. The Labute approximate surface area is 227 Å². The van der Waals surface area contributed by atoms with Gasteiger partial charge in [0.2, 0.25) is 0 Å². The van der Waals surface area contributed by atoms with Crippen LogP contribution in [0.15, 0.2) is 48.7 Å². The van der Waals surface area contributed by atoms with Gasteiger partial charge in [0.1, 0.15) is 5.82 Å². The monoisotopic (exact) mass is 527 g/mol. The fourth-order valence-electron chi connectivity index (χ4n) is 6.22. The third-order valence-corrected chi connectivity index (χ3v) is 8.09. The van der Waals surface area contributed by atoms with Crippen LogP contribution in [-0.4, -0.2) is 42.9 Å². The molecule has 0 bridgehead atoms. The molecule has 0 amide bonds. The maximum absolute atomic E-state index is 14.7. The van der Waals surface area contributed by atoms with E-state index < -0.39 is 5.60 Å². The van der Waals surface area contributed by atoms with Gasteiger partial charge in [0.25, 0.3) is 0 Å². The predicted octanol–water partition coefficient (Wildman–Crippen LogP) is 5.98. The number of nitrogens with zero attached hydrogens (tertiary/aromatic N) is 5. The summed E-state index contributed by atoms with van der Waals surface area (Å²) < 4.78 is 24.5. The Morgan fingerprint density at radius 3 is 2.51 bits per heavy atom. The van der Waals surface area contributed by atoms with Crippen LogP contribution in [-0.2, 0) is 17.4 Å². The number of ether oxygens (including phenoxy) is 1. The van der Waals surface area contributed by atoms with Crippen molar-refractivity contribution >= 4 is 21.9 Å². The number of hydrogen-bond acceptors (Lipinski definition) is 5. The smallest absolute Gasteiger partial charge is 0.123 e. The molecule has 8 heteroatoms. The molecule has 5 aromatic rings. The molecule has 0 spiro atoms. The van der Waals surface area contributed by atoms with Gasteiger partial charge < -0.3 is 14.4 Å². The summed E-state index contributed by atoms with van der Waals surface area (Å²) in [5.74, 6) is -0.0247. The first-order valence-electron chi connectivity index (χ1n) is 13.5. The van der Waals surface area contributed by atoms with Crippen LogP contribution in [0.5, 0.6) is 0 Å². The van der Waals surface area contributed by atoms with Crippen LogP contribution in [0.25, 0.3) is 33.2 Å². The van der Waals surface area contributed by atoms with E-state index in [0.717, 1.165) is 68.4 Å². The minimum atomic E-state index is -1.02. The molecule has 6 rings (SSSR count). The standard InChI is InChI=1S/C31H34FN5O2/c1-18-13-23(31(3,4)38)16-25-27(18)28-26(15-22(17-33-28)29-19(2)34-35-36(29)5)37(25)30(20-9-11-39-12-10-20)21-7-6-8-24(32)14-21/h6-8,13-17,20,30,38H,9-12H2,1-5H3. The second-order valence-corrected chi connectivity index (χ2v) is 11.3. The molecule has 39 heavy (non-hydrogen) atoms. The molecule has 0 radical (unpaired) electrons. The van der Waals surface area contributed by atoms with Gasteiger partial charge in [0.05, 0.1) is 39.6 Å². The van der Waals surface area contributed by atoms with Crippen molar-refractivity contribution < 1.29 is 14.2 Å². The van der Waals surface area contributed by atoms with Gasteiger partial charge in [-0.05, 0) is 87.4 Å². The van der Waals surface area contributed by atoms with Gasteiger partial charge in [-0.25, -0.2) is 9.07 Å². The van der Waals surface area contributed by atoms with E-state index in [1.807, 2.05) is 32.3 Å². The maximum Gasteiger partial charge on any atom is 0.123 e. The van der Waals surface area contributed by atoms with Crippen molar-refractivity contribution in [2.75, 3.05) is 13.2 Å². The van der Waals surface area contributed by atoms with Crippen molar-refractivity contribution in [2.24, 2.45) is 13.0 Å². The molecule has 1 saturated heterocycles. The van der Waals surface area contributed by atoms with E-state index in [0.29, 0.717) is 13.2 Å². The van der Waals surface area contributed by atoms with Gasteiger partial charge in [-0.3, -0.25) is 4.98 Å². The first-order valence-corrected chi connectivity index (χ1v) is 13.5. The molecule has 3 aromatic heterocycles. The quantitative estimate of drug-likeness (QED) is 0.304. The van der Waals surface area contributed by atoms with Crippen LogP contribution in [0, 0.1) is 25.6 Å². The molecule has 1 fully saturated rings. The third-order valence-electron chi connectivity index (χ3n) is 8.09. The molecule has 1 atom stereocenters. The number of hydrogen-bond donors (Lipinski definition) is 1. The van der Waals surface area contributed by atoms with E-state index in [1.165, 1.54) is 6.07 Å². The number of pyridine rings is 1. The summed E-state index contributed by atoms with van der Waals surface area (Å²) in [6.45, 7) is 8.96. The second-order valence-electron chi connectivity index (χ2n) is 11.3. The lowest BCUT2D eigenvalue weighted by Gasteiger charge is -2.33. The van der Waals surface area contributed by atoms with E-state index in [4.69, 9.17) is 9.72 Å². The minimum absolute atomic E-state index is 0.149. The van der Waals surface area contributed by atoms with Gasteiger partial charge in [-0.1, -0.05) is 23.4 Å². The van der Waals surface area contributed by atoms with E-state index in [9.17, 15) is 9.50 Å². The number of benzene rings is 2. The molecule has 1 N–H and O–H groups in total. The fourth-order valence-corrected chi connectivity index (χ4v) is 6.22. The van der Waals surface area contributed by atoms with E-state index in [-0.39, 0.29) is 17.8 Å². The van der Waals surface area contributed by atoms with Crippen LogP contribution in [0.4, 0.5) is 4.39 Å². The van der Waals surface area contributed by atoms with Crippen LogP contribution in [0.3, 0.4) is 0 Å². The predicted molar refractivity (Wildman–Crippen MR) is 150 cm³/mol. The van der Waals surface area contributed by atoms with Crippen molar-refractivity contribution in [3.05, 3.63) is 76.9 Å². The zero-order valence-electron chi connectivity index (χ0n) is 23.1. The number of aromatic nitrogens is 5. The average molecular weight is 528 g/mol. The molecular formula is C31H34FN5O2. The highest BCUT2D eigenvalue weighted by molar-refractivity contribution is 6.08. The van der Waals surface area contributed by atoms with Crippen LogP contribution >= 0.6 is 0 Å². The summed E-state index contributed by atoms with van der Waals surface area (Å²) in [7, 11) is 1.88. The van der Waals surface area contributed by atoms with E-state index >= 15 is 0 Å². The Kier molecular flexibility index (Phi) is 6.27. The summed E-state index contributed by atoms with van der Waals surface area (Å²) in [6.07, 6.45) is 3.61. The summed E-state index contributed by atoms with van der Waals surface area (Å²) in [5, 5.41) is 20.5. The van der Waals surface area contributed by atoms with Gasteiger partial charge in [-0.15, -0.1) is 5.10 Å². The van der Waals surface area contributed by atoms with Crippen LogP contribution in [0.2, 0.25) is 0 Å². The molecule has 4 heterocycles. The normalized spacial score (nSPS) is 15.9. The summed E-state index contributed by atoms with van der Waals surface area (Å²) in [5.41, 5.74) is 7.23. The van der Waals surface area contributed by atoms with Crippen molar-refractivity contribution in [3.63, 3.8) is 0 Å². The first-order chi connectivity index (χ1) is 18.6. The Morgan fingerprint density at radius 2 is 1.85 bits per heavy atom. The minimum Gasteiger partial charge on any atom is -0.386 e. The molecule has 0 aliphatic carbocycles.